The molecule has 0 spiro atoms. The number of hydrogen-bond donors (Lipinski definition) is 2. The molecule has 0 saturated carbocycles. The van der Waals surface area contributed by atoms with Crippen molar-refractivity contribution in [2.24, 2.45) is 5.92 Å². The number of halogens is 1. The normalized spacial score (nSPS) is 11.4. The van der Waals surface area contributed by atoms with Gasteiger partial charge in [-0.1, -0.05) is 32.6 Å². The van der Waals surface area contributed by atoms with E-state index in [4.69, 9.17) is 9.47 Å². The summed E-state index contributed by atoms with van der Waals surface area (Å²) in [5.41, 5.74) is 3.49. The third-order valence-corrected chi connectivity index (χ3v) is 7.73. The molecule has 8 nitrogen and oxygen atoms in total. The number of nitrogens with one attached hydrogen (secondary N) is 2. The maximum Gasteiger partial charge on any atom is 0.233 e. The fourth-order valence-corrected chi connectivity index (χ4v) is 5.57. The summed E-state index contributed by atoms with van der Waals surface area (Å²) in [4.78, 5) is 32.5. The lowest BCUT2D eigenvalue weighted by atomic mass is 10.0. The fourth-order valence-electron chi connectivity index (χ4n) is 4.35. The SMILES string of the molecule is C=C(C)N(/C=C(/c1cc2nccc(Oc3ccc(NC(=O)CC(=O)Nc4ccccc4OC)cc3F)c2s1)C(C)C)CC. The first-order valence-corrected chi connectivity index (χ1v) is 14.6. The Morgan fingerprint density at radius 3 is 2.49 bits per heavy atom. The number of anilines is 2. The highest BCUT2D eigenvalue weighted by Crippen LogP contribution is 2.40. The van der Waals surface area contributed by atoms with Crippen LogP contribution in [-0.4, -0.2) is 35.4 Å². The number of carbonyl (C=O) groups excluding carboxylic acids is 2. The minimum atomic E-state index is -0.666. The number of fused-ring (bicyclic) bond motifs is 1. The van der Waals surface area contributed by atoms with Crippen LogP contribution < -0.4 is 20.1 Å². The predicted molar refractivity (Wildman–Crippen MR) is 171 cm³/mol. The highest BCUT2D eigenvalue weighted by molar-refractivity contribution is 7.20. The summed E-state index contributed by atoms with van der Waals surface area (Å²) in [6.07, 6.45) is 3.29. The molecule has 0 saturated heterocycles. The van der Waals surface area contributed by atoms with Crippen molar-refractivity contribution in [3.05, 3.63) is 90.0 Å². The largest absolute Gasteiger partial charge is 0.495 e. The minimum Gasteiger partial charge on any atom is -0.495 e. The standard InChI is InChI=1S/C33H35FN4O4S/c1-7-38(21(4)5)19-23(20(2)3)30-17-26-33(43-30)29(14-15-35-26)42-27-13-12-22(16-24(27)34)36-31(39)18-32(40)37-25-10-8-9-11-28(25)41-6/h8-17,19-20H,4,7,18H2,1-3,5-6H3,(H,36,39)(H,37,40)/b23-19+. The summed E-state index contributed by atoms with van der Waals surface area (Å²) in [7, 11) is 1.49. The van der Waals surface area contributed by atoms with Crippen LogP contribution in [0.5, 0.6) is 17.2 Å². The van der Waals surface area contributed by atoms with Gasteiger partial charge in [0.2, 0.25) is 11.8 Å². The van der Waals surface area contributed by atoms with Crippen molar-refractivity contribution in [2.45, 2.75) is 34.1 Å². The number of rotatable bonds is 12. The van der Waals surface area contributed by atoms with Gasteiger partial charge in [0.15, 0.2) is 11.6 Å². The first kappa shape index (κ1) is 31.2. The van der Waals surface area contributed by atoms with Crippen molar-refractivity contribution in [3.63, 3.8) is 0 Å². The molecule has 10 heteroatoms. The van der Waals surface area contributed by atoms with Crippen molar-refractivity contribution in [1.29, 1.82) is 0 Å². The van der Waals surface area contributed by atoms with E-state index in [9.17, 15) is 9.59 Å². The number of methoxy groups -OCH3 is 1. The molecule has 224 valence electrons. The second-order valence-electron chi connectivity index (χ2n) is 10.1. The average molecular weight is 603 g/mol. The molecule has 2 aromatic carbocycles. The molecule has 0 aliphatic carbocycles. The average Bonchev–Trinajstić information content (AvgIpc) is 3.39. The number of para-hydroxylation sites is 2. The zero-order valence-corrected chi connectivity index (χ0v) is 25.7. The highest BCUT2D eigenvalue weighted by atomic mass is 32.1. The summed E-state index contributed by atoms with van der Waals surface area (Å²) >= 11 is 1.53. The third-order valence-electron chi connectivity index (χ3n) is 6.55. The van der Waals surface area contributed by atoms with Gasteiger partial charge in [-0.15, -0.1) is 11.3 Å². The molecule has 2 aromatic heterocycles. The molecule has 0 radical (unpaired) electrons. The van der Waals surface area contributed by atoms with Crippen LogP contribution in [-0.2, 0) is 9.59 Å². The van der Waals surface area contributed by atoms with Gasteiger partial charge in [0.1, 0.15) is 17.9 Å². The first-order valence-electron chi connectivity index (χ1n) is 13.8. The van der Waals surface area contributed by atoms with Crippen molar-refractivity contribution in [2.75, 3.05) is 24.3 Å². The quantitative estimate of drug-likeness (QED) is 0.159. The topological polar surface area (TPSA) is 92.8 Å². The zero-order valence-electron chi connectivity index (χ0n) is 24.9. The fraction of sp³-hybridized carbons (Fsp3) is 0.242. The second-order valence-corrected chi connectivity index (χ2v) is 11.2. The molecule has 2 amide bonds. The monoisotopic (exact) mass is 602 g/mol. The Balaban J connectivity index is 1.47. The van der Waals surface area contributed by atoms with Crippen LogP contribution in [0.4, 0.5) is 15.8 Å². The Morgan fingerprint density at radius 1 is 1.07 bits per heavy atom. The molecular formula is C33H35FN4O4S. The number of carbonyl (C=O) groups is 2. The van der Waals surface area contributed by atoms with Crippen LogP contribution in [0.25, 0.3) is 15.8 Å². The van der Waals surface area contributed by atoms with Crippen molar-refractivity contribution >= 4 is 50.3 Å². The number of pyridine rings is 1. The van der Waals surface area contributed by atoms with E-state index in [2.05, 4.69) is 54.1 Å². The van der Waals surface area contributed by atoms with E-state index < -0.39 is 24.1 Å². The van der Waals surface area contributed by atoms with Gasteiger partial charge in [-0.25, -0.2) is 4.39 Å². The van der Waals surface area contributed by atoms with E-state index in [1.165, 1.54) is 30.6 Å². The summed E-state index contributed by atoms with van der Waals surface area (Å²) in [5.74, 6) is -0.601. The molecule has 0 unspecified atom stereocenters. The van der Waals surface area contributed by atoms with Crippen LogP contribution in [0.15, 0.2) is 79.3 Å². The van der Waals surface area contributed by atoms with E-state index in [0.29, 0.717) is 17.2 Å². The zero-order chi connectivity index (χ0) is 31.1. The second kappa shape index (κ2) is 14.0. The lowest BCUT2D eigenvalue weighted by Gasteiger charge is -2.21. The molecule has 0 atom stereocenters. The van der Waals surface area contributed by atoms with E-state index in [-0.39, 0.29) is 17.4 Å². The highest BCUT2D eigenvalue weighted by Gasteiger charge is 2.18. The van der Waals surface area contributed by atoms with Crippen molar-refractivity contribution in [1.82, 2.24) is 9.88 Å². The number of allylic oxidation sites excluding steroid dienone is 2. The van der Waals surface area contributed by atoms with Gasteiger partial charge in [0, 0.05) is 47.3 Å². The van der Waals surface area contributed by atoms with Crippen molar-refractivity contribution in [3.8, 4) is 17.2 Å². The smallest absolute Gasteiger partial charge is 0.233 e. The molecule has 2 N–H and O–H groups in total. The number of hydrogen-bond acceptors (Lipinski definition) is 7. The van der Waals surface area contributed by atoms with Crippen LogP contribution in [0.1, 0.15) is 39.0 Å². The van der Waals surface area contributed by atoms with Gasteiger partial charge >= 0.3 is 0 Å². The Bertz CT molecular complexity index is 1680. The number of thiophene rings is 1. The third kappa shape index (κ3) is 7.78. The molecule has 4 rings (SSSR count). The maximum atomic E-state index is 15.1. The Labute approximate surface area is 254 Å². The van der Waals surface area contributed by atoms with Gasteiger partial charge in [0.05, 0.1) is 23.0 Å². The van der Waals surface area contributed by atoms with E-state index in [1.54, 1.807) is 36.5 Å². The molecule has 4 aromatic rings. The number of aromatic nitrogens is 1. The number of nitrogens with zero attached hydrogens (tertiary/aromatic N) is 2. The number of amides is 2. The molecular weight excluding hydrogens is 567 g/mol. The predicted octanol–water partition coefficient (Wildman–Crippen LogP) is 8.06. The number of benzene rings is 2. The molecule has 0 aliphatic heterocycles. The first-order chi connectivity index (χ1) is 20.6. The van der Waals surface area contributed by atoms with Crippen LogP contribution >= 0.6 is 11.3 Å². The number of ether oxygens (including phenoxy) is 2. The minimum absolute atomic E-state index is 0.00608. The van der Waals surface area contributed by atoms with E-state index in [1.807, 2.05) is 13.0 Å². The summed E-state index contributed by atoms with van der Waals surface area (Å²) < 4.78 is 27.1. The summed E-state index contributed by atoms with van der Waals surface area (Å²) in [5, 5.41) is 5.19. The van der Waals surface area contributed by atoms with Gasteiger partial charge in [0.25, 0.3) is 0 Å². The Morgan fingerprint density at radius 2 is 1.81 bits per heavy atom. The molecule has 0 bridgehead atoms. The van der Waals surface area contributed by atoms with E-state index in [0.717, 1.165) is 39.0 Å². The van der Waals surface area contributed by atoms with Gasteiger partial charge in [-0.2, -0.15) is 0 Å². The van der Waals surface area contributed by atoms with Crippen LogP contribution in [0.3, 0.4) is 0 Å². The lowest BCUT2D eigenvalue weighted by Crippen LogP contribution is -2.21. The Hall–Kier alpha value is -4.70. The van der Waals surface area contributed by atoms with Crippen molar-refractivity contribution < 1.29 is 23.5 Å². The Kier molecular flexibility index (Phi) is 10.2. The van der Waals surface area contributed by atoms with Crippen LogP contribution in [0.2, 0.25) is 0 Å². The molecule has 0 aliphatic rings. The molecule has 2 heterocycles. The van der Waals surface area contributed by atoms with Gasteiger partial charge in [-0.3, -0.25) is 14.6 Å². The molecule has 43 heavy (non-hydrogen) atoms. The van der Waals surface area contributed by atoms with Gasteiger partial charge < -0.3 is 25.0 Å². The molecule has 0 fully saturated rings. The summed E-state index contributed by atoms with van der Waals surface area (Å²) in [6, 6.07) is 14.7. The van der Waals surface area contributed by atoms with Gasteiger partial charge in [-0.05, 0) is 55.7 Å². The lowest BCUT2D eigenvalue weighted by molar-refractivity contribution is -0.123. The van der Waals surface area contributed by atoms with E-state index >= 15 is 4.39 Å². The maximum absolute atomic E-state index is 15.1. The summed E-state index contributed by atoms with van der Waals surface area (Å²) in [6.45, 7) is 13.2. The van der Waals surface area contributed by atoms with Crippen LogP contribution in [0, 0.1) is 11.7 Å².